The Morgan fingerprint density at radius 3 is 2.83 bits per heavy atom. The molecule has 1 N–H and O–H groups in total. The summed E-state index contributed by atoms with van der Waals surface area (Å²) in [5, 5.41) is 0. The first-order valence-electron chi connectivity index (χ1n) is 8.15. The summed E-state index contributed by atoms with van der Waals surface area (Å²) in [5.41, 5.74) is 2.05. The van der Waals surface area contributed by atoms with Gasteiger partial charge in [-0.2, -0.15) is 0 Å². The van der Waals surface area contributed by atoms with Gasteiger partial charge < -0.3 is 14.6 Å². The maximum absolute atomic E-state index is 12.7. The highest BCUT2D eigenvalue weighted by molar-refractivity contribution is 5.82. The van der Waals surface area contributed by atoms with Crippen molar-refractivity contribution in [2.75, 3.05) is 27.7 Å². The van der Waals surface area contributed by atoms with Crippen LogP contribution in [0.1, 0.15) is 12.2 Å². The van der Waals surface area contributed by atoms with Crippen molar-refractivity contribution in [1.29, 1.82) is 0 Å². The molecule has 6 heteroatoms. The van der Waals surface area contributed by atoms with Crippen molar-refractivity contribution >= 4 is 5.91 Å². The average molecular weight is 328 g/mol. The predicted molar refractivity (Wildman–Crippen MR) is 92.3 cm³/mol. The van der Waals surface area contributed by atoms with Crippen LogP contribution in [0.25, 0.3) is 11.3 Å². The van der Waals surface area contributed by atoms with Gasteiger partial charge in [-0.05, 0) is 19.0 Å². The highest BCUT2D eigenvalue weighted by atomic mass is 16.5. The number of carbonyl (C=O) groups is 1. The number of hydrogen-bond donors (Lipinski definition) is 1. The summed E-state index contributed by atoms with van der Waals surface area (Å²) >= 11 is 0. The molecule has 6 nitrogen and oxygen atoms in total. The molecule has 0 aliphatic carbocycles. The van der Waals surface area contributed by atoms with E-state index in [1.54, 1.807) is 12.0 Å². The minimum absolute atomic E-state index is 0.106. The SMILES string of the molecule is CO[C@H]1C[C@@H](C(=O)N(C)Cc2ncc(-c3ccccc3)[nH]2)N(C)C1. The van der Waals surface area contributed by atoms with E-state index in [1.165, 1.54) is 0 Å². The summed E-state index contributed by atoms with van der Waals surface area (Å²) in [4.78, 5) is 24.2. The first-order chi connectivity index (χ1) is 11.6. The minimum Gasteiger partial charge on any atom is -0.380 e. The second kappa shape index (κ2) is 7.15. The fraction of sp³-hybridized carbons (Fsp3) is 0.444. The van der Waals surface area contributed by atoms with Crippen LogP contribution in [0.4, 0.5) is 0 Å². The summed E-state index contributed by atoms with van der Waals surface area (Å²) in [6, 6.07) is 9.91. The van der Waals surface area contributed by atoms with E-state index in [0.717, 1.165) is 30.0 Å². The van der Waals surface area contributed by atoms with E-state index >= 15 is 0 Å². The van der Waals surface area contributed by atoms with Crippen LogP contribution in [-0.4, -0.2) is 65.6 Å². The molecule has 2 heterocycles. The Balaban J connectivity index is 1.64. The number of rotatable bonds is 5. The van der Waals surface area contributed by atoms with Crippen molar-refractivity contribution in [1.82, 2.24) is 19.8 Å². The first kappa shape index (κ1) is 16.7. The zero-order chi connectivity index (χ0) is 17.1. The Morgan fingerprint density at radius 1 is 1.42 bits per heavy atom. The Hall–Kier alpha value is -2.18. The molecule has 24 heavy (non-hydrogen) atoms. The molecule has 1 aliphatic heterocycles. The highest BCUT2D eigenvalue weighted by Crippen LogP contribution is 2.21. The van der Waals surface area contributed by atoms with Gasteiger partial charge in [0.25, 0.3) is 0 Å². The monoisotopic (exact) mass is 328 g/mol. The number of likely N-dealkylation sites (tertiary alicyclic amines) is 1. The van der Waals surface area contributed by atoms with E-state index < -0.39 is 0 Å². The molecule has 1 fully saturated rings. The lowest BCUT2D eigenvalue weighted by Gasteiger charge is -2.24. The number of amides is 1. The van der Waals surface area contributed by atoms with Crippen molar-refractivity contribution in [2.24, 2.45) is 0 Å². The molecule has 0 saturated carbocycles. The number of hydrogen-bond acceptors (Lipinski definition) is 4. The van der Waals surface area contributed by atoms with Crippen LogP contribution in [0.15, 0.2) is 36.5 Å². The van der Waals surface area contributed by atoms with Crippen LogP contribution in [0, 0.1) is 0 Å². The molecule has 1 aromatic carbocycles. The van der Waals surface area contributed by atoms with Crippen LogP contribution in [0.2, 0.25) is 0 Å². The molecule has 1 amide bonds. The van der Waals surface area contributed by atoms with Gasteiger partial charge in [0.1, 0.15) is 5.82 Å². The van der Waals surface area contributed by atoms with E-state index in [2.05, 4.69) is 14.9 Å². The quantitative estimate of drug-likeness (QED) is 0.908. The standard InChI is InChI=1S/C18H24N4O2/c1-21-11-14(24-3)9-16(21)18(23)22(2)12-17-19-10-15(20-17)13-7-5-4-6-8-13/h4-8,10,14,16H,9,11-12H2,1-3H3,(H,19,20)/t14-,16-/m0/s1. The topological polar surface area (TPSA) is 61.5 Å². The number of methoxy groups -OCH3 is 1. The Kier molecular flexibility index (Phi) is 4.97. The summed E-state index contributed by atoms with van der Waals surface area (Å²) in [7, 11) is 5.49. The third kappa shape index (κ3) is 3.49. The van der Waals surface area contributed by atoms with Crippen LogP contribution in [0.5, 0.6) is 0 Å². The maximum atomic E-state index is 12.7. The zero-order valence-corrected chi connectivity index (χ0v) is 14.4. The number of imidazole rings is 1. The summed E-state index contributed by atoms with van der Waals surface area (Å²) in [5.74, 6) is 0.892. The molecule has 0 spiro atoms. The summed E-state index contributed by atoms with van der Waals surface area (Å²) in [6.07, 6.45) is 2.68. The largest absolute Gasteiger partial charge is 0.380 e. The number of aromatic nitrogens is 2. The Morgan fingerprint density at radius 2 is 2.17 bits per heavy atom. The molecule has 0 unspecified atom stereocenters. The number of benzene rings is 1. The molecule has 128 valence electrons. The molecule has 1 saturated heterocycles. The normalized spacial score (nSPS) is 21.1. The highest BCUT2D eigenvalue weighted by Gasteiger charge is 2.36. The Bertz CT molecular complexity index is 685. The lowest BCUT2D eigenvalue weighted by Crippen LogP contribution is -2.42. The molecule has 1 aliphatic rings. The van der Waals surface area contributed by atoms with Crippen molar-refractivity contribution in [3.63, 3.8) is 0 Å². The molecule has 1 aromatic heterocycles. The zero-order valence-electron chi connectivity index (χ0n) is 14.4. The number of likely N-dealkylation sites (N-methyl/N-ethyl adjacent to an activating group) is 2. The number of nitrogens with zero attached hydrogens (tertiary/aromatic N) is 3. The van der Waals surface area contributed by atoms with Crippen molar-refractivity contribution in [3.8, 4) is 11.3 Å². The number of carbonyl (C=O) groups excluding carboxylic acids is 1. The second-order valence-electron chi connectivity index (χ2n) is 6.35. The van der Waals surface area contributed by atoms with Gasteiger partial charge in [-0.1, -0.05) is 30.3 Å². The van der Waals surface area contributed by atoms with E-state index in [1.807, 2.05) is 50.6 Å². The van der Waals surface area contributed by atoms with Gasteiger partial charge in [-0.3, -0.25) is 9.69 Å². The second-order valence-corrected chi connectivity index (χ2v) is 6.35. The maximum Gasteiger partial charge on any atom is 0.240 e. The van der Waals surface area contributed by atoms with E-state index in [0.29, 0.717) is 6.54 Å². The van der Waals surface area contributed by atoms with Gasteiger partial charge in [-0.25, -0.2) is 4.98 Å². The third-order valence-corrected chi connectivity index (χ3v) is 4.60. The van der Waals surface area contributed by atoms with Gasteiger partial charge in [-0.15, -0.1) is 0 Å². The van der Waals surface area contributed by atoms with Crippen LogP contribution in [0.3, 0.4) is 0 Å². The van der Waals surface area contributed by atoms with Gasteiger partial charge in [0.15, 0.2) is 0 Å². The molecular formula is C18H24N4O2. The van der Waals surface area contributed by atoms with E-state index in [9.17, 15) is 4.79 Å². The minimum atomic E-state index is -0.122. The smallest absolute Gasteiger partial charge is 0.240 e. The van der Waals surface area contributed by atoms with Crippen LogP contribution < -0.4 is 0 Å². The van der Waals surface area contributed by atoms with E-state index in [-0.39, 0.29) is 18.1 Å². The van der Waals surface area contributed by atoms with Crippen molar-refractivity contribution in [2.45, 2.75) is 25.1 Å². The van der Waals surface area contributed by atoms with Crippen molar-refractivity contribution < 1.29 is 9.53 Å². The van der Waals surface area contributed by atoms with Crippen LogP contribution >= 0.6 is 0 Å². The van der Waals surface area contributed by atoms with E-state index in [4.69, 9.17) is 4.74 Å². The fourth-order valence-electron chi connectivity index (χ4n) is 3.18. The van der Waals surface area contributed by atoms with Gasteiger partial charge in [0.05, 0.1) is 30.6 Å². The average Bonchev–Trinajstić information content (AvgIpc) is 3.21. The molecule has 2 atom stereocenters. The van der Waals surface area contributed by atoms with Crippen LogP contribution in [-0.2, 0) is 16.1 Å². The number of H-pyrrole nitrogens is 1. The molecule has 2 aromatic rings. The van der Waals surface area contributed by atoms with Gasteiger partial charge in [0.2, 0.25) is 5.91 Å². The lowest BCUT2D eigenvalue weighted by molar-refractivity contribution is -0.134. The van der Waals surface area contributed by atoms with Gasteiger partial charge >= 0.3 is 0 Å². The number of nitrogens with one attached hydrogen (secondary N) is 1. The predicted octanol–water partition coefficient (Wildman–Crippen LogP) is 1.75. The first-order valence-corrected chi connectivity index (χ1v) is 8.15. The lowest BCUT2D eigenvalue weighted by atomic mass is 10.1. The molecule has 3 rings (SSSR count). The number of aromatic amines is 1. The fourth-order valence-corrected chi connectivity index (χ4v) is 3.18. The Labute approximate surface area is 142 Å². The molecule has 0 radical (unpaired) electrons. The van der Waals surface area contributed by atoms with Crippen molar-refractivity contribution in [3.05, 3.63) is 42.4 Å². The number of ether oxygens (including phenoxy) is 1. The summed E-state index contributed by atoms with van der Waals surface area (Å²) < 4.78 is 5.38. The summed E-state index contributed by atoms with van der Waals surface area (Å²) in [6.45, 7) is 1.26. The third-order valence-electron chi connectivity index (χ3n) is 4.60. The van der Waals surface area contributed by atoms with Gasteiger partial charge in [0, 0.05) is 20.7 Å². The molecular weight excluding hydrogens is 304 g/mol. The molecule has 0 bridgehead atoms.